The molecule has 0 saturated carbocycles. The molecule has 6 nitrogen and oxygen atoms in total. The van der Waals surface area contributed by atoms with Crippen LogP contribution in [-0.4, -0.2) is 38.3 Å². The maximum absolute atomic E-state index is 12.0. The summed E-state index contributed by atoms with van der Waals surface area (Å²) in [5.41, 5.74) is 2.71. The summed E-state index contributed by atoms with van der Waals surface area (Å²) in [5.74, 6) is -1.08. The summed E-state index contributed by atoms with van der Waals surface area (Å²) in [5, 5.41) is 16.3. The van der Waals surface area contributed by atoms with Gasteiger partial charge in [0.1, 0.15) is 0 Å². The first-order chi connectivity index (χ1) is 11.8. The van der Waals surface area contributed by atoms with Gasteiger partial charge < -0.3 is 25.3 Å². The molecule has 7 heteroatoms. The molecule has 138 valence electrons. The number of aliphatic carboxylic acids is 1. The number of hydrogen-bond acceptors (Lipinski definition) is 4. The Morgan fingerprint density at radius 2 is 2.04 bits per heavy atom. The zero-order valence-electron chi connectivity index (χ0n) is 16.1. The zero-order chi connectivity index (χ0) is 18.4. The molecule has 0 bridgehead atoms. The van der Waals surface area contributed by atoms with Crippen LogP contribution in [0.1, 0.15) is 50.2 Å². The van der Waals surface area contributed by atoms with Crippen molar-refractivity contribution < 1.29 is 70.8 Å². The van der Waals surface area contributed by atoms with Gasteiger partial charge in [0.15, 0.2) is 0 Å². The minimum Gasteiger partial charge on any atom is -0.548 e. The number of fused-ring (bicyclic) bond motifs is 1. The van der Waals surface area contributed by atoms with Gasteiger partial charge in [-0.25, -0.2) is 4.79 Å². The van der Waals surface area contributed by atoms with Gasteiger partial charge in [-0.15, -0.1) is 0 Å². The van der Waals surface area contributed by atoms with Gasteiger partial charge in [0.05, 0.1) is 12.0 Å². The Hall–Kier alpha value is -0.444. The minimum absolute atomic E-state index is 0. The summed E-state index contributed by atoms with van der Waals surface area (Å²) in [4.78, 5) is 23.1. The Morgan fingerprint density at radius 1 is 1.35 bits per heavy atom. The first-order valence-corrected chi connectivity index (χ1v) is 8.68. The van der Waals surface area contributed by atoms with Gasteiger partial charge in [-0.1, -0.05) is 38.1 Å². The van der Waals surface area contributed by atoms with Crippen LogP contribution in [-0.2, 0) is 14.9 Å². The average Bonchev–Trinajstić information content (AvgIpc) is 2.58. The van der Waals surface area contributed by atoms with Crippen molar-refractivity contribution in [1.29, 1.82) is 0 Å². The fourth-order valence-electron chi connectivity index (χ4n) is 3.42. The molecule has 0 aliphatic heterocycles. The van der Waals surface area contributed by atoms with Crippen molar-refractivity contribution in [2.24, 2.45) is 0 Å². The van der Waals surface area contributed by atoms with Gasteiger partial charge in [-0.05, 0) is 35.8 Å². The summed E-state index contributed by atoms with van der Waals surface area (Å²) in [6.07, 6.45) is 2.21. The van der Waals surface area contributed by atoms with Crippen molar-refractivity contribution in [1.82, 2.24) is 10.6 Å². The van der Waals surface area contributed by atoms with Gasteiger partial charge in [-0.2, -0.15) is 0 Å². The van der Waals surface area contributed by atoms with Crippen LogP contribution in [0.25, 0.3) is 0 Å². The van der Waals surface area contributed by atoms with E-state index in [9.17, 15) is 14.7 Å². The quantitative estimate of drug-likeness (QED) is 0.547. The molecule has 2 atom stereocenters. The first kappa shape index (κ1) is 23.6. The number of benzene rings is 1. The molecule has 0 saturated heterocycles. The van der Waals surface area contributed by atoms with Crippen LogP contribution in [0.2, 0.25) is 0 Å². The van der Waals surface area contributed by atoms with E-state index in [0.29, 0.717) is 6.54 Å². The molecule has 2 unspecified atom stereocenters. The SMILES string of the molecule is COCCC(NC(=O)NCC1CCC(C)(C)c2ccccc21)C(=O)[O-].[K+]. The Bertz CT molecular complexity index is 621. The molecule has 1 aliphatic rings. The average molecular weight is 387 g/mol. The molecule has 0 fully saturated rings. The molecule has 0 spiro atoms. The van der Waals surface area contributed by atoms with Gasteiger partial charge in [0.2, 0.25) is 0 Å². The van der Waals surface area contributed by atoms with Gasteiger partial charge >= 0.3 is 57.4 Å². The zero-order valence-corrected chi connectivity index (χ0v) is 19.3. The fraction of sp³-hybridized carbons (Fsp3) is 0.579. The van der Waals surface area contributed by atoms with E-state index in [0.717, 1.165) is 12.8 Å². The second-order valence-corrected chi connectivity index (χ2v) is 7.21. The van der Waals surface area contributed by atoms with Crippen molar-refractivity contribution in [3.05, 3.63) is 35.4 Å². The van der Waals surface area contributed by atoms with E-state index in [2.05, 4.69) is 36.6 Å². The van der Waals surface area contributed by atoms with Crippen LogP contribution in [0.4, 0.5) is 4.79 Å². The minimum atomic E-state index is -1.31. The topological polar surface area (TPSA) is 90.5 Å². The summed E-state index contributed by atoms with van der Waals surface area (Å²) >= 11 is 0. The Morgan fingerprint density at radius 3 is 2.69 bits per heavy atom. The van der Waals surface area contributed by atoms with Crippen molar-refractivity contribution in [3.63, 3.8) is 0 Å². The predicted octanol–water partition coefficient (Wildman–Crippen LogP) is -1.70. The van der Waals surface area contributed by atoms with Crippen LogP contribution in [0.15, 0.2) is 24.3 Å². The van der Waals surface area contributed by atoms with E-state index < -0.39 is 18.0 Å². The molecule has 0 radical (unpaired) electrons. The predicted molar refractivity (Wildman–Crippen MR) is 93.3 cm³/mol. The van der Waals surface area contributed by atoms with E-state index in [1.807, 2.05) is 12.1 Å². The molecule has 1 aromatic carbocycles. The second kappa shape index (κ2) is 10.8. The fourth-order valence-corrected chi connectivity index (χ4v) is 3.42. The molecular formula is C19H27KN2O4. The molecule has 1 aromatic rings. The van der Waals surface area contributed by atoms with E-state index in [1.165, 1.54) is 18.2 Å². The van der Waals surface area contributed by atoms with Gasteiger partial charge in [0, 0.05) is 26.2 Å². The van der Waals surface area contributed by atoms with Crippen LogP contribution in [0, 0.1) is 0 Å². The number of nitrogens with one attached hydrogen (secondary N) is 2. The van der Waals surface area contributed by atoms with E-state index in [4.69, 9.17) is 4.74 Å². The number of carboxylic acids is 1. The van der Waals surface area contributed by atoms with Crippen molar-refractivity contribution in [2.75, 3.05) is 20.3 Å². The number of rotatable bonds is 7. The number of amides is 2. The van der Waals surface area contributed by atoms with Crippen molar-refractivity contribution >= 4 is 12.0 Å². The summed E-state index contributed by atoms with van der Waals surface area (Å²) < 4.78 is 4.85. The van der Waals surface area contributed by atoms with Gasteiger partial charge in [-0.3, -0.25) is 0 Å². The molecule has 2 amide bonds. The second-order valence-electron chi connectivity index (χ2n) is 7.21. The number of methoxy groups -OCH3 is 1. The third kappa shape index (κ3) is 6.32. The van der Waals surface area contributed by atoms with E-state index in [-0.39, 0.29) is 75.7 Å². The van der Waals surface area contributed by atoms with Crippen LogP contribution < -0.4 is 67.1 Å². The maximum atomic E-state index is 12.0. The number of carbonyl (C=O) groups is 2. The third-order valence-corrected chi connectivity index (χ3v) is 4.96. The first-order valence-electron chi connectivity index (χ1n) is 8.68. The van der Waals surface area contributed by atoms with E-state index in [1.54, 1.807) is 0 Å². The Kier molecular flexibility index (Phi) is 9.78. The molecular weight excluding hydrogens is 359 g/mol. The smallest absolute Gasteiger partial charge is 0.548 e. The van der Waals surface area contributed by atoms with Crippen molar-refractivity contribution in [3.8, 4) is 0 Å². The van der Waals surface area contributed by atoms with Crippen LogP contribution in [0.5, 0.6) is 0 Å². The molecule has 1 aliphatic carbocycles. The molecule has 0 aromatic heterocycles. The number of carbonyl (C=O) groups excluding carboxylic acids is 2. The molecule has 26 heavy (non-hydrogen) atoms. The third-order valence-electron chi connectivity index (χ3n) is 4.96. The number of ether oxygens (including phenoxy) is 1. The molecule has 2 rings (SSSR count). The maximum Gasteiger partial charge on any atom is 1.00 e. The monoisotopic (exact) mass is 386 g/mol. The number of urea groups is 1. The number of hydrogen-bond donors (Lipinski definition) is 2. The van der Waals surface area contributed by atoms with Crippen LogP contribution in [0.3, 0.4) is 0 Å². The molecule has 0 heterocycles. The Labute approximate surface area is 197 Å². The summed E-state index contributed by atoms with van der Waals surface area (Å²) in [6, 6.07) is 6.78. The Balaban J connectivity index is 0.00000338. The summed E-state index contributed by atoms with van der Waals surface area (Å²) in [7, 11) is 1.48. The summed E-state index contributed by atoms with van der Waals surface area (Å²) in [6.45, 7) is 5.19. The molecule has 2 N–H and O–H groups in total. The van der Waals surface area contributed by atoms with Crippen LogP contribution >= 0.6 is 0 Å². The normalized spacial score (nSPS) is 18.8. The largest absolute Gasteiger partial charge is 1.00 e. The number of carboxylic acid groups (broad SMARTS) is 1. The van der Waals surface area contributed by atoms with Crippen molar-refractivity contribution in [2.45, 2.75) is 50.5 Å². The van der Waals surface area contributed by atoms with Gasteiger partial charge in [0.25, 0.3) is 0 Å². The van der Waals surface area contributed by atoms with E-state index >= 15 is 0 Å². The standard InChI is InChI=1S/C19H28N2O4.K/c1-19(2)10-8-13(14-6-4-5-7-15(14)19)12-20-18(24)21-16(17(22)23)9-11-25-3;/h4-7,13,16H,8-12H2,1-3H3,(H,22,23)(H2,20,21,24);/q;+1/p-1.